The Morgan fingerprint density at radius 1 is 1.47 bits per heavy atom. The van der Waals surface area contributed by atoms with Crippen LogP contribution in [0.3, 0.4) is 0 Å². The van der Waals surface area contributed by atoms with Gasteiger partial charge in [-0.05, 0) is 24.6 Å². The van der Waals surface area contributed by atoms with Gasteiger partial charge in [0.1, 0.15) is 5.75 Å². The molecule has 1 heterocycles. The first kappa shape index (κ1) is 13.1. The molecule has 100 valence electrons. The van der Waals surface area contributed by atoms with Gasteiger partial charge in [0.15, 0.2) is 5.78 Å². The molecule has 1 aromatic carbocycles. The lowest BCUT2D eigenvalue weighted by molar-refractivity contribution is -0.479. The Morgan fingerprint density at radius 3 is 2.79 bits per heavy atom. The zero-order valence-corrected chi connectivity index (χ0v) is 10.7. The van der Waals surface area contributed by atoms with Crippen LogP contribution in [0.2, 0.25) is 0 Å². The molecule has 0 radical (unpaired) electrons. The standard InChI is InChI=1S/C13H14N2O4/c1-8(16)10-3-4-11(19-2)12-9(5-6-15(17)18)7-14-13(10)12/h3-4,7,14H,5-6H2,1-2H3. The van der Waals surface area contributed by atoms with Crippen molar-refractivity contribution in [3.05, 3.63) is 39.6 Å². The molecule has 0 aliphatic carbocycles. The van der Waals surface area contributed by atoms with E-state index < -0.39 is 0 Å². The largest absolute Gasteiger partial charge is 0.496 e. The van der Waals surface area contributed by atoms with Gasteiger partial charge in [0.2, 0.25) is 6.54 Å². The average Bonchev–Trinajstić information content (AvgIpc) is 2.78. The Bertz CT molecular complexity index is 645. The van der Waals surface area contributed by atoms with E-state index in [1.54, 1.807) is 18.3 Å². The first-order valence-corrected chi connectivity index (χ1v) is 5.84. The molecule has 0 saturated heterocycles. The maximum Gasteiger partial charge on any atom is 0.207 e. The van der Waals surface area contributed by atoms with Gasteiger partial charge in [-0.2, -0.15) is 0 Å². The number of aromatic nitrogens is 1. The Hall–Kier alpha value is -2.37. The third kappa shape index (κ3) is 2.42. The summed E-state index contributed by atoms with van der Waals surface area (Å²) in [7, 11) is 1.53. The van der Waals surface area contributed by atoms with Gasteiger partial charge in [0.25, 0.3) is 0 Å². The van der Waals surface area contributed by atoms with E-state index in [1.165, 1.54) is 14.0 Å². The van der Waals surface area contributed by atoms with Crippen molar-refractivity contribution in [2.45, 2.75) is 13.3 Å². The van der Waals surface area contributed by atoms with Gasteiger partial charge in [-0.3, -0.25) is 14.9 Å². The fraction of sp³-hybridized carbons (Fsp3) is 0.308. The molecular formula is C13H14N2O4. The highest BCUT2D eigenvalue weighted by Crippen LogP contribution is 2.31. The number of aromatic amines is 1. The van der Waals surface area contributed by atoms with Crippen molar-refractivity contribution in [3.63, 3.8) is 0 Å². The smallest absolute Gasteiger partial charge is 0.207 e. The Balaban J connectivity index is 2.57. The number of carbonyl (C=O) groups excluding carboxylic acids is 1. The molecule has 0 fully saturated rings. The minimum absolute atomic E-state index is 0.0599. The summed E-state index contributed by atoms with van der Waals surface area (Å²) in [5.74, 6) is 0.551. The van der Waals surface area contributed by atoms with Crippen LogP contribution in [-0.2, 0) is 6.42 Å². The summed E-state index contributed by atoms with van der Waals surface area (Å²) in [5.41, 5.74) is 2.01. The summed E-state index contributed by atoms with van der Waals surface area (Å²) < 4.78 is 5.27. The molecule has 0 aliphatic heterocycles. The van der Waals surface area contributed by atoms with Crippen LogP contribution in [0.5, 0.6) is 5.75 Å². The lowest BCUT2D eigenvalue weighted by Crippen LogP contribution is -2.03. The SMILES string of the molecule is COc1ccc(C(C)=O)c2[nH]cc(CC[N+](=O)[O-])c12. The van der Waals surface area contributed by atoms with Crippen molar-refractivity contribution in [1.29, 1.82) is 0 Å². The van der Waals surface area contributed by atoms with Gasteiger partial charge in [-0.15, -0.1) is 0 Å². The maximum atomic E-state index is 11.6. The lowest BCUT2D eigenvalue weighted by Gasteiger charge is -2.06. The van der Waals surface area contributed by atoms with Crippen molar-refractivity contribution in [2.24, 2.45) is 0 Å². The number of ketones is 1. The van der Waals surface area contributed by atoms with Crippen LogP contribution in [0.25, 0.3) is 10.9 Å². The number of fused-ring (bicyclic) bond motifs is 1. The van der Waals surface area contributed by atoms with E-state index in [1.807, 2.05) is 0 Å². The predicted octanol–water partition coefficient (Wildman–Crippen LogP) is 2.20. The fourth-order valence-electron chi connectivity index (χ4n) is 2.16. The monoisotopic (exact) mass is 262 g/mol. The second-order valence-corrected chi connectivity index (χ2v) is 4.24. The Morgan fingerprint density at radius 2 is 2.21 bits per heavy atom. The van der Waals surface area contributed by atoms with Gasteiger partial charge in [0, 0.05) is 28.5 Å². The number of methoxy groups -OCH3 is 1. The van der Waals surface area contributed by atoms with Crippen LogP contribution in [0.1, 0.15) is 22.8 Å². The number of nitrogens with one attached hydrogen (secondary N) is 1. The number of benzene rings is 1. The summed E-state index contributed by atoms with van der Waals surface area (Å²) in [5, 5.41) is 11.2. The molecular weight excluding hydrogens is 248 g/mol. The molecule has 0 unspecified atom stereocenters. The number of H-pyrrole nitrogens is 1. The van der Waals surface area contributed by atoms with Crippen LogP contribution < -0.4 is 4.74 Å². The number of hydrogen-bond donors (Lipinski definition) is 1. The van der Waals surface area contributed by atoms with Crippen LogP contribution in [0, 0.1) is 10.1 Å². The molecule has 0 aliphatic rings. The van der Waals surface area contributed by atoms with Gasteiger partial charge >= 0.3 is 0 Å². The molecule has 0 spiro atoms. The van der Waals surface area contributed by atoms with E-state index in [9.17, 15) is 14.9 Å². The van der Waals surface area contributed by atoms with E-state index in [0.29, 0.717) is 23.3 Å². The molecule has 19 heavy (non-hydrogen) atoms. The first-order chi connectivity index (χ1) is 9.04. The highest BCUT2D eigenvalue weighted by atomic mass is 16.6. The van der Waals surface area contributed by atoms with Gasteiger partial charge < -0.3 is 9.72 Å². The molecule has 0 atom stereocenters. The topological polar surface area (TPSA) is 85.2 Å². The van der Waals surface area contributed by atoms with E-state index in [4.69, 9.17) is 4.74 Å². The number of rotatable bonds is 5. The third-order valence-corrected chi connectivity index (χ3v) is 3.04. The van der Waals surface area contributed by atoms with Gasteiger partial charge in [-0.25, -0.2) is 0 Å². The van der Waals surface area contributed by atoms with E-state index in [2.05, 4.69) is 4.98 Å². The minimum atomic E-state index is -0.361. The number of carbonyl (C=O) groups is 1. The van der Waals surface area contributed by atoms with Crippen molar-refractivity contribution >= 4 is 16.7 Å². The van der Waals surface area contributed by atoms with Gasteiger partial charge in [-0.1, -0.05) is 0 Å². The van der Waals surface area contributed by atoms with Crippen LogP contribution in [0.4, 0.5) is 0 Å². The lowest BCUT2D eigenvalue weighted by atomic mass is 10.0. The summed E-state index contributed by atoms with van der Waals surface area (Å²) in [6, 6.07) is 3.40. The Labute approximate surface area is 109 Å². The highest BCUT2D eigenvalue weighted by Gasteiger charge is 2.16. The summed E-state index contributed by atoms with van der Waals surface area (Å²) in [4.78, 5) is 24.7. The molecule has 1 aromatic heterocycles. The third-order valence-electron chi connectivity index (χ3n) is 3.04. The normalized spacial score (nSPS) is 10.6. The van der Waals surface area contributed by atoms with Crippen molar-refractivity contribution in [1.82, 2.24) is 4.98 Å². The molecule has 0 saturated carbocycles. The molecule has 0 amide bonds. The second kappa shape index (κ2) is 5.09. The van der Waals surface area contributed by atoms with E-state index in [0.717, 1.165) is 10.9 Å². The molecule has 6 heteroatoms. The number of Topliss-reactive ketones (excluding diaryl/α,β-unsaturated/α-hetero) is 1. The van der Waals surface area contributed by atoms with Crippen molar-refractivity contribution in [2.75, 3.05) is 13.7 Å². The van der Waals surface area contributed by atoms with Crippen molar-refractivity contribution in [3.8, 4) is 5.75 Å². The number of nitrogens with zero attached hydrogens (tertiary/aromatic N) is 1. The number of ether oxygens (including phenoxy) is 1. The van der Waals surface area contributed by atoms with E-state index in [-0.39, 0.29) is 17.3 Å². The van der Waals surface area contributed by atoms with Crippen molar-refractivity contribution < 1.29 is 14.5 Å². The molecule has 0 bridgehead atoms. The summed E-state index contributed by atoms with van der Waals surface area (Å²) in [6.45, 7) is 1.33. The predicted molar refractivity (Wildman–Crippen MR) is 70.4 cm³/mol. The average molecular weight is 262 g/mol. The van der Waals surface area contributed by atoms with E-state index >= 15 is 0 Å². The molecule has 1 N–H and O–H groups in total. The second-order valence-electron chi connectivity index (χ2n) is 4.24. The van der Waals surface area contributed by atoms with Crippen LogP contribution >= 0.6 is 0 Å². The molecule has 2 aromatic rings. The summed E-state index contributed by atoms with van der Waals surface area (Å²) >= 11 is 0. The number of hydrogen-bond acceptors (Lipinski definition) is 4. The Kier molecular flexibility index (Phi) is 3.50. The molecule has 6 nitrogen and oxygen atoms in total. The maximum absolute atomic E-state index is 11.6. The molecule has 2 rings (SSSR count). The zero-order valence-electron chi connectivity index (χ0n) is 10.7. The fourth-order valence-corrected chi connectivity index (χ4v) is 2.16. The first-order valence-electron chi connectivity index (χ1n) is 5.84. The zero-order chi connectivity index (χ0) is 14.0. The van der Waals surface area contributed by atoms with Crippen LogP contribution in [-0.4, -0.2) is 29.3 Å². The highest BCUT2D eigenvalue weighted by molar-refractivity contribution is 6.08. The van der Waals surface area contributed by atoms with Gasteiger partial charge in [0.05, 0.1) is 12.6 Å². The minimum Gasteiger partial charge on any atom is -0.496 e. The summed E-state index contributed by atoms with van der Waals surface area (Å²) in [6.07, 6.45) is 1.99. The van der Waals surface area contributed by atoms with Crippen LogP contribution in [0.15, 0.2) is 18.3 Å². The number of nitro groups is 1. The quantitative estimate of drug-likeness (QED) is 0.508.